The normalized spacial score (nSPS) is 15.6. The summed E-state index contributed by atoms with van der Waals surface area (Å²) in [4.78, 5) is 61.8. The molecular formula is C40H48F3N9O7. The van der Waals surface area contributed by atoms with Crippen molar-refractivity contribution in [3.63, 3.8) is 0 Å². The molecular weight excluding hydrogens is 775 g/mol. The Morgan fingerprint density at radius 1 is 0.898 bits per heavy atom. The summed E-state index contributed by atoms with van der Waals surface area (Å²) >= 11 is 0. The number of aromatic amines is 1. The lowest BCUT2D eigenvalue weighted by atomic mass is 9.81. The highest BCUT2D eigenvalue weighted by molar-refractivity contribution is 5.98. The molecule has 4 amide bonds. The number of carbonyl (C=O) groups excluding carboxylic acids is 3. The van der Waals surface area contributed by atoms with Gasteiger partial charge in [0.05, 0.1) is 0 Å². The number of tetrazole rings is 1. The molecule has 0 bridgehead atoms. The van der Waals surface area contributed by atoms with Crippen molar-refractivity contribution in [3.8, 4) is 22.5 Å². The van der Waals surface area contributed by atoms with Crippen molar-refractivity contribution in [3.05, 3.63) is 83.4 Å². The molecule has 1 aliphatic rings. The molecule has 1 fully saturated rings. The number of carbonyl (C=O) groups is 5. The topological polar surface area (TPSA) is 232 Å². The van der Waals surface area contributed by atoms with Gasteiger partial charge in [0.1, 0.15) is 6.04 Å². The summed E-state index contributed by atoms with van der Waals surface area (Å²) in [6, 6.07) is 19.7. The van der Waals surface area contributed by atoms with Gasteiger partial charge < -0.3 is 36.4 Å². The third-order valence-corrected chi connectivity index (χ3v) is 9.65. The Morgan fingerprint density at radius 2 is 1.54 bits per heavy atom. The van der Waals surface area contributed by atoms with Crippen molar-refractivity contribution in [1.82, 2.24) is 41.5 Å². The van der Waals surface area contributed by atoms with Gasteiger partial charge in [-0.25, -0.2) is 9.59 Å². The third-order valence-electron chi connectivity index (χ3n) is 9.65. The number of nitrogens with zero attached hydrogens (tertiary/aromatic N) is 4. The number of carboxylic acids is 1. The Hall–Kier alpha value is -6.37. The van der Waals surface area contributed by atoms with Crippen LogP contribution in [0.1, 0.15) is 53.6 Å². The molecule has 0 aliphatic heterocycles. The number of hydrogen-bond donors (Lipinski definition) is 7. The van der Waals surface area contributed by atoms with E-state index in [-0.39, 0.29) is 36.0 Å². The minimum atomic E-state index is -5.08. The highest BCUT2D eigenvalue weighted by Crippen LogP contribution is 2.29. The van der Waals surface area contributed by atoms with Crippen molar-refractivity contribution >= 4 is 35.5 Å². The van der Waals surface area contributed by atoms with E-state index < -0.39 is 24.3 Å². The van der Waals surface area contributed by atoms with E-state index in [1.54, 1.807) is 24.3 Å². The zero-order chi connectivity index (χ0) is 43.1. The monoisotopic (exact) mass is 823 g/mol. The number of nitrogens with one attached hydrogen (secondary N) is 5. The lowest BCUT2D eigenvalue weighted by Gasteiger charge is -2.29. The predicted molar refractivity (Wildman–Crippen MR) is 211 cm³/mol. The highest BCUT2D eigenvalue weighted by atomic mass is 19.4. The summed E-state index contributed by atoms with van der Waals surface area (Å²) < 4.78 is 31.7. The average Bonchev–Trinajstić information content (AvgIpc) is 3.74. The van der Waals surface area contributed by atoms with Crippen LogP contribution in [0.25, 0.3) is 22.5 Å². The number of hydrogen-bond acceptors (Lipinski definition) is 9. The van der Waals surface area contributed by atoms with E-state index in [9.17, 15) is 32.3 Å². The van der Waals surface area contributed by atoms with E-state index in [1.165, 1.54) is 0 Å². The molecule has 1 heterocycles. The summed E-state index contributed by atoms with van der Waals surface area (Å²) in [5.74, 6) is -3.04. The predicted octanol–water partition coefficient (Wildman–Crippen LogP) is 4.90. The molecule has 59 heavy (non-hydrogen) atoms. The molecule has 0 radical (unpaired) electrons. The van der Waals surface area contributed by atoms with Crippen molar-refractivity contribution in [2.45, 2.75) is 57.7 Å². The van der Waals surface area contributed by atoms with Crippen molar-refractivity contribution in [1.29, 1.82) is 0 Å². The molecule has 19 heteroatoms. The van der Waals surface area contributed by atoms with Crippen LogP contribution in [0.15, 0.2) is 66.7 Å². The van der Waals surface area contributed by atoms with E-state index in [4.69, 9.17) is 15.0 Å². The number of rotatable bonds is 15. The number of aromatic nitrogens is 4. The number of alkyl halides is 3. The van der Waals surface area contributed by atoms with E-state index in [1.807, 2.05) is 63.5 Å². The molecule has 1 aromatic heterocycles. The van der Waals surface area contributed by atoms with Crippen molar-refractivity contribution in [2.24, 2.45) is 11.8 Å². The van der Waals surface area contributed by atoms with Gasteiger partial charge in [-0.3, -0.25) is 14.4 Å². The number of anilines is 1. The van der Waals surface area contributed by atoms with Crippen LogP contribution in [0.2, 0.25) is 0 Å². The number of aryl methyl sites for hydroxylation is 1. The summed E-state index contributed by atoms with van der Waals surface area (Å²) in [5.41, 5.74) is 5.71. The van der Waals surface area contributed by atoms with Gasteiger partial charge in [0.25, 0.3) is 5.91 Å². The van der Waals surface area contributed by atoms with Gasteiger partial charge in [0.15, 0.2) is 0 Å². The Morgan fingerprint density at radius 3 is 2.10 bits per heavy atom. The third kappa shape index (κ3) is 14.5. The maximum Gasteiger partial charge on any atom is 0.490 e. The smallest absolute Gasteiger partial charge is 0.475 e. The van der Waals surface area contributed by atoms with Crippen LogP contribution >= 0.6 is 0 Å². The minimum absolute atomic E-state index is 0.0960. The zero-order valence-corrected chi connectivity index (χ0v) is 32.8. The first-order valence-corrected chi connectivity index (χ1v) is 18.8. The lowest BCUT2D eigenvalue weighted by molar-refractivity contribution is -0.192. The molecule has 0 spiro atoms. The first kappa shape index (κ1) is 45.3. The van der Waals surface area contributed by atoms with Gasteiger partial charge in [0.2, 0.25) is 17.6 Å². The van der Waals surface area contributed by atoms with E-state index in [0.717, 1.165) is 53.6 Å². The zero-order valence-electron chi connectivity index (χ0n) is 32.8. The molecule has 1 aliphatic carbocycles. The van der Waals surface area contributed by atoms with E-state index >= 15 is 0 Å². The summed E-state index contributed by atoms with van der Waals surface area (Å²) in [6.45, 7) is 3.86. The largest absolute Gasteiger partial charge is 0.490 e. The molecule has 3 aromatic carbocycles. The van der Waals surface area contributed by atoms with Gasteiger partial charge in [-0.15, -0.1) is 10.2 Å². The Balaban J connectivity index is 0.00000101. The molecule has 7 N–H and O–H groups in total. The number of benzene rings is 3. The Labute approximate surface area is 338 Å². The van der Waals surface area contributed by atoms with Crippen LogP contribution < -0.4 is 21.3 Å². The molecule has 4 aromatic rings. The van der Waals surface area contributed by atoms with Gasteiger partial charge in [0, 0.05) is 42.2 Å². The molecule has 5 rings (SSSR count). The second-order valence-electron chi connectivity index (χ2n) is 14.4. The second-order valence-corrected chi connectivity index (χ2v) is 14.4. The summed E-state index contributed by atoms with van der Waals surface area (Å²) in [5, 5.41) is 41.4. The van der Waals surface area contributed by atoms with Gasteiger partial charge in [-0.1, -0.05) is 30.3 Å². The van der Waals surface area contributed by atoms with Gasteiger partial charge in [-0.2, -0.15) is 18.4 Å². The molecule has 1 atom stereocenters. The lowest BCUT2D eigenvalue weighted by Crippen LogP contribution is -2.48. The first-order chi connectivity index (χ1) is 28.0. The van der Waals surface area contributed by atoms with E-state index in [2.05, 4.69) is 46.8 Å². The molecule has 1 saturated carbocycles. The van der Waals surface area contributed by atoms with Crippen LogP contribution in [0.5, 0.6) is 0 Å². The Bertz CT molecular complexity index is 2020. The van der Waals surface area contributed by atoms with Crippen molar-refractivity contribution < 1.29 is 47.4 Å². The minimum Gasteiger partial charge on any atom is -0.475 e. The van der Waals surface area contributed by atoms with Crippen molar-refractivity contribution in [2.75, 3.05) is 39.0 Å². The second kappa shape index (κ2) is 21.4. The standard InChI is InChI=1S/C38H47N9O5.C2HF3O2/c1-24-21-30(35(48)39-19-4-20-47(2)3)15-18-32(24)27-9-5-25(6-10-27)22-33(42-36(49)29-11-7-26(8-12-29)23-40-38(51)52)37(50)41-31-16-13-28(14-17-31)34-43-45-46-44-34;3-2(4,5)1(6)7/h5-6,9-10,13-18,21,26,29,33,40H,4,7-8,11-12,19-20,22-23H2,1-3H3,(H,39,48)(H,41,50)(H,42,49)(H,51,52)(H,43,44,45,46);(H,6,7)/t26?,29?,33-;/m0./s1. The first-order valence-electron chi connectivity index (χ1n) is 18.8. The fraction of sp³-hybridized carbons (Fsp3) is 0.400. The quantitative estimate of drug-likeness (QED) is 0.0798. The Kier molecular flexibility index (Phi) is 16.4. The fourth-order valence-corrected chi connectivity index (χ4v) is 6.46. The number of halogens is 3. The summed E-state index contributed by atoms with van der Waals surface area (Å²) in [7, 11) is 4.01. The van der Waals surface area contributed by atoms with Crippen LogP contribution in [0.3, 0.4) is 0 Å². The van der Waals surface area contributed by atoms with Crippen LogP contribution in [0.4, 0.5) is 23.7 Å². The average molecular weight is 824 g/mol. The maximum atomic E-state index is 13.7. The number of amides is 4. The van der Waals surface area contributed by atoms with Crippen LogP contribution in [0, 0.1) is 18.8 Å². The summed E-state index contributed by atoms with van der Waals surface area (Å²) in [6.07, 6.45) is -2.30. The number of carboxylic acid groups (broad SMARTS) is 2. The number of H-pyrrole nitrogens is 1. The molecule has 316 valence electrons. The molecule has 0 saturated heterocycles. The van der Waals surface area contributed by atoms with Gasteiger partial charge in [-0.05, 0) is 129 Å². The highest BCUT2D eigenvalue weighted by Gasteiger charge is 2.38. The van der Waals surface area contributed by atoms with E-state index in [0.29, 0.717) is 43.0 Å². The molecule has 16 nitrogen and oxygen atoms in total. The molecule has 0 unspecified atom stereocenters. The van der Waals surface area contributed by atoms with Crippen LogP contribution in [-0.4, -0.2) is 111 Å². The SMILES string of the molecule is Cc1cc(C(=O)NCCCN(C)C)ccc1-c1ccc(C[C@H](NC(=O)C2CCC(CNC(=O)O)CC2)C(=O)Nc2ccc(-c3nn[nH]n3)cc2)cc1.O=C(O)C(F)(F)F. The van der Waals surface area contributed by atoms with Gasteiger partial charge >= 0.3 is 18.2 Å². The maximum absolute atomic E-state index is 13.7. The fourth-order valence-electron chi connectivity index (χ4n) is 6.46. The van der Waals surface area contributed by atoms with Crippen LogP contribution in [-0.2, 0) is 20.8 Å². The number of aliphatic carboxylic acids is 1.